The lowest BCUT2D eigenvalue weighted by Gasteiger charge is -2.33. The number of fused-ring (bicyclic) bond motifs is 5. The van der Waals surface area contributed by atoms with Crippen molar-refractivity contribution in [1.29, 1.82) is 0 Å². The van der Waals surface area contributed by atoms with Crippen LogP contribution in [0.3, 0.4) is 0 Å². The number of benzene rings is 2. The van der Waals surface area contributed by atoms with Crippen LogP contribution in [0.15, 0.2) is 53.6 Å². The van der Waals surface area contributed by atoms with Crippen molar-refractivity contribution in [2.24, 2.45) is 16.9 Å². The maximum atomic E-state index is 13.5. The maximum Gasteiger partial charge on any atom is 0.240 e. The molecule has 0 bridgehead atoms. The van der Waals surface area contributed by atoms with Crippen LogP contribution in [0.2, 0.25) is 0 Å². The molecule has 2 amide bonds. The smallest absolute Gasteiger partial charge is 0.240 e. The summed E-state index contributed by atoms with van der Waals surface area (Å²) in [5.74, 6) is -1.59. The predicted octanol–water partition coefficient (Wildman–Crippen LogP) is 2.16. The van der Waals surface area contributed by atoms with Crippen molar-refractivity contribution in [3.8, 4) is 5.75 Å². The number of ether oxygens (including phenoxy) is 1. The lowest BCUT2D eigenvalue weighted by molar-refractivity contribution is -0.129. The van der Waals surface area contributed by atoms with Gasteiger partial charge in [-0.15, -0.1) is 0 Å². The summed E-state index contributed by atoms with van der Waals surface area (Å²) in [7, 11) is 1.55. The highest BCUT2D eigenvalue weighted by Gasteiger charge is 2.64. The molecule has 0 radical (unpaired) electrons. The Balaban J connectivity index is 1.62. The van der Waals surface area contributed by atoms with Gasteiger partial charge in [-0.2, -0.15) is 5.10 Å². The summed E-state index contributed by atoms with van der Waals surface area (Å²) in [6.45, 7) is 1.45. The third kappa shape index (κ3) is 2.36. The van der Waals surface area contributed by atoms with Crippen LogP contribution < -0.4 is 9.64 Å². The fraction of sp³-hybridized carbons (Fsp3) is 0.273. The molecular formula is C22H19N3O4. The van der Waals surface area contributed by atoms with Gasteiger partial charge in [0.2, 0.25) is 11.8 Å². The fourth-order valence-electron chi connectivity index (χ4n) is 4.81. The fourth-order valence-corrected chi connectivity index (χ4v) is 4.81. The van der Waals surface area contributed by atoms with Crippen molar-refractivity contribution < 1.29 is 19.1 Å². The second kappa shape index (κ2) is 6.27. The van der Waals surface area contributed by atoms with Crippen molar-refractivity contribution in [3.05, 3.63) is 59.7 Å². The highest BCUT2D eigenvalue weighted by atomic mass is 16.5. The molecule has 3 aliphatic rings. The van der Waals surface area contributed by atoms with Gasteiger partial charge in [0, 0.05) is 0 Å². The molecule has 0 unspecified atom stereocenters. The van der Waals surface area contributed by atoms with E-state index >= 15 is 0 Å². The number of hydrogen-bond donors (Lipinski definition) is 0. The van der Waals surface area contributed by atoms with Crippen LogP contribution in [0.4, 0.5) is 5.69 Å². The van der Waals surface area contributed by atoms with Gasteiger partial charge in [-0.1, -0.05) is 24.3 Å². The first-order valence-electron chi connectivity index (χ1n) is 9.46. The van der Waals surface area contributed by atoms with Crippen LogP contribution in [0.1, 0.15) is 24.1 Å². The van der Waals surface area contributed by atoms with Gasteiger partial charge in [0.1, 0.15) is 11.8 Å². The Hall–Kier alpha value is -3.48. The molecule has 7 heteroatoms. The number of methoxy groups -OCH3 is 1. The number of carbonyl (C=O) groups excluding carboxylic acids is 3. The van der Waals surface area contributed by atoms with E-state index in [1.165, 1.54) is 11.8 Å². The maximum absolute atomic E-state index is 13.5. The zero-order valence-corrected chi connectivity index (χ0v) is 16.0. The Morgan fingerprint density at radius 2 is 1.69 bits per heavy atom. The first-order valence-corrected chi connectivity index (χ1v) is 9.46. The summed E-state index contributed by atoms with van der Waals surface area (Å²) in [6.07, 6.45) is 1.69. The summed E-state index contributed by atoms with van der Waals surface area (Å²) < 4.78 is 5.16. The van der Waals surface area contributed by atoms with Crippen LogP contribution in [-0.4, -0.2) is 42.0 Å². The molecule has 0 aliphatic carbocycles. The number of carbonyl (C=O) groups is 3. The third-order valence-electron chi connectivity index (χ3n) is 6.04. The van der Waals surface area contributed by atoms with E-state index in [2.05, 4.69) is 5.10 Å². The summed E-state index contributed by atoms with van der Waals surface area (Å²) in [6, 6.07) is 13.3. The molecule has 0 aromatic heterocycles. The monoisotopic (exact) mass is 389 g/mol. The number of rotatable bonds is 3. The average Bonchev–Trinajstić information content (AvgIpc) is 3.21. The molecule has 0 saturated carbocycles. The van der Waals surface area contributed by atoms with Crippen LogP contribution in [-0.2, 0) is 14.4 Å². The molecule has 2 aromatic carbocycles. The zero-order chi connectivity index (χ0) is 20.3. The van der Waals surface area contributed by atoms with E-state index in [1.54, 1.807) is 42.6 Å². The van der Waals surface area contributed by atoms with E-state index in [1.807, 2.05) is 24.3 Å². The summed E-state index contributed by atoms with van der Waals surface area (Å²) >= 11 is 0. The number of nitrogens with zero attached hydrogens (tertiary/aromatic N) is 3. The molecule has 0 spiro atoms. The van der Waals surface area contributed by atoms with Crippen molar-refractivity contribution in [2.45, 2.75) is 19.0 Å². The minimum Gasteiger partial charge on any atom is -0.497 e. The molecule has 2 aromatic rings. The Labute approximate surface area is 167 Å². The SMILES string of the molecule is COc1ccc(N2C(=O)[C@@H]3[C@H](C2=O)[C@@H]2c4ccccc4C=NN2[C@H]3C(C)=O)cc1. The molecular weight excluding hydrogens is 370 g/mol. The molecule has 146 valence electrons. The molecule has 0 N–H and O–H groups in total. The average molecular weight is 389 g/mol. The highest BCUT2D eigenvalue weighted by molar-refractivity contribution is 6.24. The largest absolute Gasteiger partial charge is 0.497 e. The minimum atomic E-state index is -0.755. The predicted molar refractivity (Wildman–Crippen MR) is 106 cm³/mol. The third-order valence-corrected chi connectivity index (χ3v) is 6.04. The van der Waals surface area contributed by atoms with Crippen LogP contribution >= 0.6 is 0 Å². The van der Waals surface area contributed by atoms with Crippen LogP contribution in [0.25, 0.3) is 0 Å². The lowest BCUT2D eigenvalue weighted by Crippen LogP contribution is -2.43. The van der Waals surface area contributed by atoms with E-state index in [4.69, 9.17) is 4.74 Å². The normalized spacial score (nSPS) is 27.0. The number of hydrazone groups is 1. The molecule has 2 saturated heterocycles. The van der Waals surface area contributed by atoms with Gasteiger partial charge in [0.15, 0.2) is 5.78 Å². The number of anilines is 1. The quantitative estimate of drug-likeness (QED) is 0.752. The van der Waals surface area contributed by atoms with Crippen molar-refractivity contribution in [2.75, 3.05) is 12.0 Å². The topological polar surface area (TPSA) is 79.3 Å². The molecule has 7 nitrogen and oxygen atoms in total. The number of ketones is 1. The van der Waals surface area contributed by atoms with Gasteiger partial charge in [0.25, 0.3) is 0 Å². The van der Waals surface area contributed by atoms with E-state index < -0.39 is 23.9 Å². The van der Waals surface area contributed by atoms with Gasteiger partial charge in [-0.25, -0.2) is 4.90 Å². The standard InChI is InChI=1S/C22H19N3O4/c1-12(26)19-17-18(20-16-6-4-3-5-13(16)11-23-25(19)20)22(28)24(21(17)27)14-7-9-15(29-2)10-8-14/h3-11,17-20H,1-2H3/t17-,18+,19+,20+/m1/s1. The molecule has 4 atom stereocenters. The second-order valence-electron chi connectivity index (χ2n) is 7.52. The number of imide groups is 1. The van der Waals surface area contributed by atoms with Gasteiger partial charge in [-0.05, 0) is 42.3 Å². The Kier molecular flexibility index (Phi) is 3.81. The first kappa shape index (κ1) is 17.6. The van der Waals surface area contributed by atoms with Gasteiger partial charge in [-0.3, -0.25) is 19.4 Å². The lowest BCUT2D eigenvalue weighted by atomic mass is 9.84. The summed E-state index contributed by atoms with van der Waals surface area (Å²) in [5, 5.41) is 6.11. The van der Waals surface area contributed by atoms with E-state index in [0.717, 1.165) is 11.1 Å². The van der Waals surface area contributed by atoms with E-state index in [-0.39, 0.29) is 17.6 Å². The van der Waals surface area contributed by atoms with E-state index in [0.29, 0.717) is 11.4 Å². The van der Waals surface area contributed by atoms with Crippen molar-refractivity contribution in [3.63, 3.8) is 0 Å². The van der Waals surface area contributed by atoms with E-state index in [9.17, 15) is 14.4 Å². The number of hydrogen-bond acceptors (Lipinski definition) is 6. The van der Waals surface area contributed by atoms with Gasteiger partial charge < -0.3 is 4.74 Å². The summed E-state index contributed by atoms with van der Waals surface area (Å²) in [4.78, 5) is 40.6. The molecule has 5 rings (SSSR count). The number of amides is 2. The number of Topliss-reactive ketones (excluding diaryl/α,β-unsaturated/α-hetero) is 1. The Morgan fingerprint density at radius 1 is 1.00 bits per heavy atom. The zero-order valence-electron chi connectivity index (χ0n) is 16.0. The van der Waals surface area contributed by atoms with Crippen molar-refractivity contribution in [1.82, 2.24) is 5.01 Å². The van der Waals surface area contributed by atoms with Crippen LogP contribution in [0.5, 0.6) is 5.75 Å². The molecule has 3 aliphatic heterocycles. The Morgan fingerprint density at radius 3 is 2.38 bits per heavy atom. The Bertz CT molecular complexity index is 1060. The molecule has 2 fully saturated rings. The van der Waals surface area contributed by atoms with Crippen molar-refractivity contribution >= 4 is 29.5 Å². The van der Waals surface area contributed by atoms with Crippen LogP contribution in [0, 0.1) is 11.8 Å². The minimum absolute atomic E-state index is 0.170. The highest BCUT2D eigenvalue weighted by Crippen LogP contribution is 2.52. The second-order valence-corrected chi connectivity index (χ2v) is 7.52. The van der Waals surface area contributed by atoms with Gasteiger partial charge >= 0.3 is 0 Å². The summed E-state index contributed by atoms with van der Waals surface area (Å²) in [5.41, 5.74) is 2.30. The molecule has 3 heterocycles. The molecule has 29 heavy (non-hydrogen) atoms. The van der Waals surface area contributed by atoms with Gasteiger partial charge in [0.05, 0.1) is 36.9 Å². The first-order chi connectivity index (χ1) is 14.0.